The number of rotatable bonds is 4. The lowest BCUT2D eigenvalue weighted by molar-refractivity contribution is 0.352. The molecule has 0 bridgehead atoms. The monoisotopic (exact) mass is 250 g/mol. The molecule has 1 aromatic rings. The minimum Gasteiger partial charge on any atom is -0.271 e. The third-order valence-electron chi connectivity index (χ3n) is 4.27. The molecule has 3 N–H and O–H groups in total. The van der Waals surface area contributed by atoms with E-state index in [0.29, 0.717) is 5.92 Å². The van der Waals surface area contributed by atoms with Crippen LogP contribution in [0, 0.1) is 24.6 Å². The van der Waals surface area contributed by atoms with Crippen LogP contribution in [-0.2, 0) is 6.42 Å². The first-order valence-corrected chi connectivity index (χ1v) is 6.81. The first-order chi connectivity index (χ1) is 8.60. The molecule has 100 valence electrons. The summed E-state index contributed by atoms with van der Waals surface area (Å²) in [5, 5.41) is 0. The third kappa shape index (κ3) is 3.09. The number of aryl methyl sites for hydroxylation is 1. The number of nitrogens with one attached hydrogen (secondary N) is 1. The Labute approximate surface area is 109 Å². The van der Waals surface area contributed by atoms with Crippen molar-refractivity contribution in [2.24, 2.45) is 17.7 Å². The van der Waals surface area contributed by atoms with Crippen molar-refractivity contribution in [3.8, 4) is 0 Å². The molecule has 1 aromatic carbocycles. The van der Waals surface area contributed by atoms with E-state index in [1.54, 1.807) is 6.07 Å². The van der Waals surface area contributed by atoms with Crippen molar-refractivity contribution in [2.45, 2.75) is 45.6 Å². The smallest absolute Gasteiger partial charge is 0.123 e. The van der Waals surface area contributed by atoms with Gasteiger partial charge in [0.05, 0.1) is 0 Å². The zero-order valence-electron chi connectivity index (χ0n) is 11.2. The van der Waals surface area contributed by atoms with E-state index < -0.39 is 0 Å². The molecule has 0 amide bonds. The largest absolute Gasteiger partial charge is 0.271 e. The second-order valence-electron chi connectivity index (χ2n) is 5.73. The minimum absolute atomic E-state index is 0.161. The van der Waals surface area contributed by atoms with Gasteiger partial charge >= 0.3 is 0 Å². The number of hydrazine groups is 1. The van der Waals surface area contributed by atoms with Gasteiger partial charge in [-0.2, -0.15) is 0 Å². The predicted octanol–water partition coefficient (Wildman–Crippen LogP) is 2.94. The summed E-state index contributed by atoms with van der Waals surface area (Å²) in [6.45, 7) is 4.32. The zero-order chi connectivity index (χ0) is 13.1. The molecule has 2 rings (SSSR count). The lowest BCUT2D eigenvalue weighted by atomic mass is 9.90. The second kappa shape index (κ2) is 5.81. The van der Waals surface area contributed by atoms with Crippen molar-refractivity contribution in [1.29, 1.82) is 0 Å². The molecule has 3 unspecified atom stereocenters. The predicted molar refractivity (Wildman–Crippen MR) is 72.5 cm³/mol. The van der Waals surface area contributed by atoms with E-state index in [-0.39, 0.29) is 11.9 Å². The van der Waals surface area contributed by atoms with Crippen LogP contribution in [0.4, 0.5) is 4.39 Å². The van der Waals surface area contributed by atoms with Crippen molar-refractivity contribution < 1.29 is 4.39 Å². The van der Waals surface area contributed by atoms with Gasteiger partial charge in [-0.1, -0.05) is 19.4 Å². The van der Waals surface area contributed by atoms with Crippen LogP contribution < -0.4 is 11.3 Å². The molecule has 0 radical (unpaired) electrons. The van der Waals surface area contributed by atoms with E-state index in [1.165, 1.54) is 25.3 Å². The van der Waals surface area contributed by atoms with Gasteiger partial charge in [0.15, 0.2) is 0 Å². The Hall–Kier alpha value is -0.930. The normalized spacial score (nSPS) is 25.3. The highest BCUT2D eigenvalue weighted by Crippen LogP contribution is 2.33. The molecular weight excluding hydrogens is 227 g/mol. The van der Waals surface area contributed by atoms with E-state index in [0.717, 1.165) is 23.5 Å². The Morgan fingerprint density at radius 1 is 1.44 bits per heavy atom. The highest BCUT2D eigenvalue weighted by Gasteiger charge is 2.28. The van der Waals surface area contributed by atoms with Crippen LogP contribution >= 0.6 is 0 Å². The van der Waals surface area contributed by atoms with Gasteiger partial charge in [0.25, 0.3) is 0 Å². The molecule has 1 saturated carbocycles. The highest BCUT2D eigenvalue weighted by molar-refractivity contribution is 5.27. The summed E-state index contributed by atoms with van der Waals surface area (Å²) in [7, 11) is 0. The summed E-state index contributed by atoms with van der Waals surface area (Å²) >= 11 is 0. The van der Waals surface area contributed by atoms with Gasteiger partial charge in [-0.25, -0.2) is 4.39 Å². The van der Waals surface area contributed by atoms with Gasteiger partial charge in [0, 0.05) is 6.04 Å². The van der Waals surface area contributed by atoms with Crippen molar-refractivity contribution in [3.05, 3.63) is 35.1 Å². The summed E-state index contributed by atoms with van der Waals surface area (Å²) < 4.78 is 13.3. The summed E-state index contributed by atoms with van der Waals surface area (Å²) in [6, 6.07) is 5.25. The van der Waals surface area contributed by atoms with E-state index >= 15 is 0 Å². The molecule has 0 aromatic heterocycles. The third-order valence-corrected chi connectivity index (χ3v) is 4.27. The lowest BCUT2D eigenvalue weighted by Crippen LogP contribution is -2.41. The number of nitrogens with two attached hydrogens (primary N) is 1. The SMILES string of the molecule is Cc1ccc(F)cc1CC(NN)C1CCC(C)C1. The Bertz CT molecular complexity index is 405. The average Bonchev–Trinajstić information content (AvgIpc) is 2.77. The lowest BCUT2D eigenvalue weighted by Gasteiger charge is -2.23. The average molecular weight is 250 g/mol. The van der Waals surface area contributed by atoms with E-state index in [1.807, 2.05) is 13.0 Å². The summed E-state index contributed by atoms with van der Waals surface area (Å²) in [4.78, 5) is 0. The summed E-state index contributed by atoms with van der Waals surface area (Å²) in [6.07, 6.45) is 4.55. The maximum absolute atomic E-state index is 13.3. The molecule has 1 aliphatic rings. The minimum atomic E-state index is -0.161. The number of hydrogen-bond donors (Lipinski definition) is 2. The van der Waals surface area contributed by atoms with Crippen molar-refractivity contribution in [2.75, 3.05) is 0 Å². The highest BCUT2D eigenvalue weighted by atomic mass is 19.1. The fraction of sp³-hybridized carbons (Fsp3) is 0.600. The Morgan fingerprint density at radius 2 is 2.22 bits per heavy atom. The van der Waals surface area contributed by atoms with Crippen LogP contribution in [0.5, 0.6) is 0 Å². The number of halogens is 1. The maximum atomic E-state index is 13.3. The van der Waals surface area contributed by atoms with Gasteiger partial charge in [-0.15, -0.1) is 0 Å². The number of hydrogen-bond acceptors (Lipinski definition) is 2. The quantitative estimate of drug-likeness (QED) is 0.637. The van der Waals surface area contributed by atoms with Gasteiger partial charge in [-0.3, -0.25) is 11.3 Å². The van der Waals surface area contributed by atoms with Gasteiger partial charge in [0.2, 0.25) is 0 Å². The fourth-order valence-electron chi connectivity index (χ4n) is 3.08. The zero-order valence-corrected chi connectivity index (χ0v) is 11.2. The van der Waals surface area contributed by atoms with Gasteiger partial charge < -0.3 is 0 Å². The molecule has 0 spiro atoms. The van der Waals surface area contributed by atoms with Crippen LogP contribution in [0.3, 0.4) is 0 Å². The Morgan fingerprint density at radius 3 is 2.83 bits per heavy atom. The first-order valence-electron chi connectivity index (χ1n) is 6.81. The molecule has 3 atom stereocenters. The van der Waals surface area contributed by atoms with Crippen LogP contribution in [0.15, 0.2) is 18.2 Å². The molecule has 2 nitrogen and oxygen atoms in total. The van der Waals surface area contributed by atoms with E-state index in [4.69, 9.17) is 5.84 Å². The Kier molecular flexibility index (Phi) is 4.36. The maximum Gasteiger partial charge on any atom is 0.123 e. The van der Waals surface area contributed by atoms with Crippen LogP contribution in [0.2, 0.25) is 0 Å². The Balaban J connectivity index is 2.08. The van der Waals surface area contributed by atoms with Gasteiger partial charge in [-0.05, 0) is 61.3 Å². The van der Waals surface area contributed by atoms with Crippen LogP contribution in [0.1, 0.15) is 37.3 Å². The number of benzene rings is 1. The topological polar surface area (TPSA) is 38.0 Å². The molecule has 0 aliphatic heterocycles. The molecule has 0 heterocycles. The first kappa shape index (κ1) is 13.5. The molecule has 1 aliphatic carbocycles. The standard InChI is InChI=1S/C15H23FN2/c1-10-3-5-12(7-10)15(18-17)9-13-8-14(16)6-4-11(13)2/h4,6,8,10,12,15,18H,3,5,7,9,17H2,1-2H3. The summed E-state index contributed by atoms with van der Waals surface area (Å²) in [5.41, 5.74) is 5.15. The van der Waals surface area contributed by atoms with Gasteiger partial charge in [0.1, 0.15) is 5.82 Å². The van der Waals surface area contributed by atoms with Crippen molar-refractivity contribution >= 4 is 0 Å². The van der Waals surface area contributed by atoms with Crippen molar-refractivity contribution in [1.82, 2.24) is 5.43 Å². The molecule has 18 heavy (non-hydrogen) atoms. The van der Waals surface area contributed by atoms with Crippen LogP contribution in [-0.4, -0.2) is 6.04 Å². The molecule has 3 heteroatoms. The van der Waals surface area contributed by atoms with Crippen LogP contribution in [0.25, 0.3) is 0 Å². The van der Waals surface area contributed by atoms with Crippen molar-refractivity contribution in [3.63, 3.8) is 0 Å². The molecule has 0 saturated heterocycles. The molecule has 1 fully saturated rings. The summed E-state index contributed by atoms with van der Waals surface area (Å²) in [5.74, 6) is 6.94. The van der Waals surface area contributed by atoms with E-state index in [9.17, 15) is 4.39 Å². The fourth-order valence-corrected chi connectivity index (χ4v) is 3.08. The molecular formula is C15H23FN2. The van der Waals surface area contributed by atoms with E-state index in [2.05, 4.69) is 12.3 Å². The second-order valence-corrected chi connectivity index (χ2v) is 5.73.